The van der Waals surface area contributed by atoms with Gasteiger partial charge in [-0.25, -0.2) is 9.78 Å². The number of carbonyl (C=O) groups excluding carboxylic acids is 1. The summed E-state index contributed by atoms with van der Waals surface area (Å²) >= 11 is 0. The zero-order valence-corrected chi connectivity index (χ0v) is 20.6. The molecule has 0 radical (unpaired) electrons. The second-order valence-corrected chi connectivity index (χ2v) is 9.81. The Hall–Kier alpha value is -2.66. The van der Waals surface area contributed by atoms with Crippen LogP contribution >= 0.6 is 0 Å². The van der Waals surface area contributed by atoms with Crippen LogP contribution < -0.4 is 0 Å². The summed E-state index contributed by atoms with van der Waals surface area (Å²) < 4.78 is 31.2. The fourth-order valence-corrected chi connectivity index (χ4v) is 2.80. The van der Waals surface area contributed by atoms with Gasteiger partial charge in [0, 0.05) is 18.0 Å². The normalized spacial score (nSPS) is 13.3. The van der Waals surface area contributed by atoms with Crippen molar-refractivity contribution in [1.82, 2.24) is 9.97 Å². The maximum absolute atomic E-state index is 11.2. The highest BCUT2D eigenvalue weighted by atomic mass is 32.2. The summed E-state index contributed by atoms with van der Waals surface area (Å²) in [6.07, 6.45) is 3.92. The summed E-state index contributed by atoms with van der Waals surface area (Å²) in [7, 11) is -3.62. The molecule has 182 valence electrons. The molecule has 0 aliphatic heterocycles. The highest BCUT2D eigenvalue weighted by Crippen LogP contribution is 2.23. The van der Waals surface area contributed by atoms with Crippen molar-refractivity contribution in [3.8, 4) is 0 Å². The van der Waals surface area contributed by atoms with Crippen LogP contribution in [0.1, 0.15) is 61.9 Å². The van der Waals surface area contributed by atoms with E-state index < -0.39 is 27.9 Å². The third kappa shape index (κ3) is 9.79. The van der Waals surface area contributed by atoms with Crippen LogP contribution in [-0.4, -0.2) is 54.0 Å². The number of hydrogen-bond acceptors (Lipinski definition) is 9. The molecule has 2 aromatic rings. The number of allylic oxidation sites excluding steroid dienone is 1. The zero-order valence-electron chi connectivity index (χ0n) is 19.8. The zero-order chi connectivity index (χ0) is 25.4. The van der Waals surface area contributed by atoms with Gasteiger partial charge in [-0.3, -0.25) is 9.17 Å². The van der Waals surface area contributed by atoms with Gasteiger partial charge in [-0.15, -0.1) is 0 Å². The summed E-state index contributed by atoms with van der Waals surface area (Å²) in [5, 5.41) is 19.9. The van der Waals surface area contributed by atoms with E-state index in [0.29, 0.717) is 23.6 Å². The Morgan fingerprint density at radius 3 is 2.12 bits per heavy atom. The SMILES string of the molecule is C=C(C)c1ccc(C(=O)OCC)nc1.CC(C)(O)c1ccc([C@](C)(O)COS(C)(=O)=O)cn1. The first-order valence-electron chi connectivity index (χ1n) is 10.1. The van der Waals surface area contributed by atoms with Gasteiger partial charge in [-0.05, 0) is 57.9 Å². The second-order valence-electron chi connectivity index (χ2n) is 8.16. The number of aliphatic hydroxyl groups is 2. The molecule has 0 aliphatic carbocycles. The number of esters is 1. The van der Waals surface area contributed by atoms with Gasteiger partial charge in [-0.2, -0.15) is 8.42 Å². The fraction of sp³-hybridized carbons (Fsp3) is 0.435. The van der Waals surface area contributed by atoms with Gasteiger partial charge in [0.05, 0.1) is 25.2 Å². The molecular weight excluding hydrogens is 448 g/mol. The predicted molar refractivity (Wildman–Crippen MR) is 125 cm³/mol. The molecule has 0 saturated heterocycles. The Labute approximate surface area is 195 Å². The Balaban J connectivity index is 0.000000346. The van der Waals surface area contributed by atoms with E-state index in [1.165, 1.54) is 13.1 Å². The van der Waals surface area contributed by atoms with E-state index in [-0.39, 0.29) is 5.97 Å². The highest BCUT2D eigenvalue weighted by molar-refractivity contribution is 7.85. The fourth-order valence-electron chi connectivity index (χ4n) is 2.35. The lowest BCUT2D eigenvalue weighted by Gasteiger charge is -2.24. The molecule has 0 saturated carbocycles. The predicted octanol–water partition coefficient (Wildman–Crippen LogP) is 2.78. The van der Waals surface area contributed by atoms with Crippen molar-refractivity contribution >= 4 is 21.7 Å². The van der Waals surface area contributed by atoms with Crippen molar-refractivity contribution in [1.29, 1.82) is 0 Å². The Morgan fingerprint density at radius 2 is 1.73 bits per heavy atom. The number of nitrogens with zero attached hydrogens (tertiary/aromatic N) is 2. The molecule has 0 aromatic carbocycles. The minimum absolute atomic E-state index is 0.330. The van der Waals surface area contributed by atoms with Crippen LogP contribution in [0.4, 0.5) is 0 Å². The van der Waals surface area contributed by atoms with E-state index in [9.17, 15) is 23.4 Å². The number of rotatable bonds is 8. The number of ether oxygens (including phenoxy) is 1. The largest absolute Gasteiger partial charge is 0.461 e. The van der Waals surface area contributed by atoms with Crippen molar-refractivity contribution < 1.29 is 32.3 Å². The van der Waals surface area contributed by atoms with E-state index in [1.807, 2.05) is 13.0 Å². The van der Waals surface area contributed by atoms with Crippen LogP contribution in [0.15, 0.2) is 43.2 Å². The van der Waals surface area contributed by atoms with E-state index in [1.54, 1.807) is 45.2 Å². The standard InChI is InChI=1S/C12H19NO5S.C11H13NO2/c1-11(2,14)10-6-5-9(7-13-10)12(3,15)8-18-19(4,16)17;1-4-14-11(13)10-6-5-9(7-12-10)8(2)3/h5-7,14-15H,8H2,1-4H3;5-7H,2,4H2,1,3H3/t12-;/m1./s1. The third-order valence-electron chi connectivity index (χ3n) is 4.31. The van der Waals surface area contributed by atoms with Gasteiger partial charge in [0.15, 0.2) is 0 Å². The Kier molecular flexibility index (Phi) is 9.86. The van der Waals surface area contributed by atoms with Gasteiger partial charge in [0.1, 0.15) is 16.9 Å². The topological polar surface area (TPSA) is 136 Å². The van der Waals surface area contributed by atoms with Crippen LogP contribution in [0.2, 0.25) is 0 Å². The smallest absolute Gasteiger partial charge is 0.356 e. The maximum atomic E-state index is 11.2. The van der Waals surface area contributed by atoms with Gasteiger partial charge in [-0.1, -0.05) is 18.7 Å². The molecule has 2 heterocycles. The molecule has 0 unspecified atom stereocenters. The number of aromatic nitrogens is 2. The van der Waals surface area contributed by atoms with Crippen molar-refractivity contribution in [3.63, 3.8) is 0 Å². The molecule has 9 nitrogen and oxygen atoms in total. The minimum atomic E-state index is -3.62. The molecule has 0 spiro atoms. The van der Waals surface area contributed by atoms with Crippen molar-refractivity contribution in [2.24, 2.45) is 0 Å². The second kappa shape index (κ2) is 11.5. The Bertz CT molecular complexity index is 1040. The molecule has 0 aliphatic rings. The molecule has 0 amide bonds. The highest BCUT2D eigenvalue weighted by Gasteiger charge is 2.27. The summed E-state index contributed by atoms with van der Waals surface area (Å²) in [4.78, 5) is 19.2. The first-order valence-corrected chi connectivity index (χ1v) is 11.9. The van der Waals surface area contributed by atoms with Crippen LogP contribution in [0.3, 0.4) is 0 Å². The average molecular weight is 481 g/mol. The van der Waals surface area contributed by atoms with Gasteiger partial charge >= 0.3 is 5.97 Å². The van der Waals surface area contributed by atoms with Gasteiger partial charge in [0.25, 0.3) is 10.1 Å². The summed E-state index contributed by atoms with van der Waals surface area (Å²) in [5.41, 5.74) is 0.491. The minimum Gasteiger partial charge on any atom is -0.461 e. The molecule has 1 atom stereocenters. The van der Waals surface area contributed by atoms with E-state index in [2.05, 4.69) is 20.7 Å². The number of pyridine rings is 2. The molecule has 0 bridgehead atoms. The molecule has 2 N–H and O–H groups in total. The summed E-state index contributed by atoms with van der Waals surface area (Å²) in [6.45, 7) is 12.0. The van der Waals surface area contributed by atoms with E-state index >= 15 is 0 Å². The molecule has 2 rings (SSSR count). The first kappa shape index (κ1) is 28.4. The lowest BCUT2D eigenvalue weighted by atomic mass is 9.97. The Morgan fingerprint density at radius 1 is 1.09 bits per heavy atom. The lowest BCUT2D eigenvalue weighted by Crippen LogP contribution is -2.29. The van der Waals surface area contributed by atoms with Crippen LogP contribution in [0, 0.1) is 0 Å². The molecular formula is C23H32N2O7S. The van der Waals surface area contributed by atoms with Crippen LogP contribution in [0.25, 0.3) is 5.57 Å². The average Bonchev–Trinajstić information content (AvgIpc) is 2.72. The monoisotopic (exact) mass is 480 g/mol. The van der Waals surface area contributed by atoms with Gasteiger partial charge in [0.2, 0.25) is 0 Å². The van der Waals surface area contributed by atoms with E-state index in [4.69, 9.17) is 4.74 Å². The first-order chi connectivity index (χ1) is 15.1. The summed E-state index contributed by atoms with van der Waals surface area (Å²) in [6, 6.07) is 6.60. The molecule has 33 heavy (non-hydrogen) atoms. The maximum Gasteiger partial charge on any atom is 0.356 e. The van der Waals surface area contributed by atoms with E-state index in [0.717, 1.165) is 17.4 Å². The number of carbonyl (C=O) groups is 1. The van der Waals surface area contributed by atoms with Gasteiger partial charge < -0.3 is 14.9 Å². The van der Waals surface area contributed by atoms with Crippen LogP contribution in [-0.2, 0) is 30.2 Å². The van der Waals surface area contributed by atoms with Crippen molar-refractivity contribution in [2.75, 3.05) is 19.5 Å². The summed E-state index contributed by atoms with van der Waals surface area (Å²) in [5.74, 6) is -0.388. The van der Waals surface area contributed by atoms with Crippen molar-refractivity contribution in [2.45, 2.75) is 45.8 Å². The lowest BCUT2D eigenvalue weighted by molar-refractivity contribution is 0.00947. The molecule has 2 aromatic heterocycles. The molecule has 0 fully saturated rings. The molecule has 10 heteroatoms. The van der Waals surface area contributed by atoms with Crippen molar-refractivity contribution in [3.05, 3.63) is 65.8 Å². The third-order valence-corrected chi connectivity index (χ3v) is 4.85. The number of hydrogen-bond donors (Lipinski definition) is 2. The van der Waals surface area contributed by atoms with Crippen LogP contribution in [0.5, 0.6) is 0 Å². The quantitative estimate of drug-likeness (QED) is 0.432.